The monoisotopic (exact) mass is 240 g/mol. The minimum absolute atomic E-state index is 0.0596. The van der Waals surface area contributed by atoms with E-state index in [1.165, 1.54) is 0 Å². The highest BCUT2D eigenvalue weighted by Crippen LogP contribution is 2.18. The standard InChI is InChI=1S/C12H20N2O3/c15-10-5-2-1-4-9(10)13-11(16)8-14-7-3-6-12(14)17/h9-10,15H,1-8H2,(H,13,16)/t9-,10-/m1/s1. The Hall–Kier alpha value is -1.10. The first-order valence-corrected chi connectivity index (χ1v) is 6.42. The van der Waals surface area contributed by atoms with Gasteiger partial charge in [-0.1, -0.05) is 12.8 Å². The molecule has 0 aromatic heterocycles. The van der Waals surface area contributed by atoms with Crippen LogP contribution < -0.4 is 5.32 Å². The largest absolute Gasteiger partial charge is 0.391 e. The van der Waals surface area contributed by atoms with Gasteiger partial charge in [-0.25, -0.2) is 0 Å². The summed E-state index contributed by atoms with van der Waals surface area (Å²) >= 11 is 0. The number of carbonyl (C=O) groups excluding carboxylic acids is 2. The highest BCUT2D eigenvalue weighted by Gasteiger charge is 2.27. The highest BCUT2D eigenvalue weighted by molar-refractivity contribution is 5.85. The van der Waals surface area contributed by atoms with E-state index in [4.69, 9.17) is 0 Å². The average Bonchev–Trinajstić information content (AvgIpc) is 2.68. The van der Waals surface area contributed by atoms with Crippen molar-refractivity contribution in [3.63, 3.8) is 0 Å². The Labute approximate surface area is 101 Å². The maximum Gasteiger partial charge on any atom is 0.239 e. The normalized spacial score (nSPS) is 29.5. The van der Waals surface area contributed by atoms with Crippen molar-refractivity contribution in [2.75, 3.05) is 13.1 Å². The molecular weight excluding hydrogens is 220 g/mol. The molecule has 5 heteroatoms. The zero-order valence-corrected chi connectivity index (χ0v) is 10.0. The third-order valence-corrected chi connectivity index (χ3v) is 3.58. The first-order chi connectivity index (χ1) is 8.16. The summed E-state index contributed by atoms with van der Waals surface area (Å²) in [6, 6.07) is -0.131. The van der Waals surface area contributed by atoms with Crippen molar-refractivity contribution in [3.05, 3.63) is 0 Å². The third-order valence-electron chi connectivity index (χ3n) is 3.58. The van der Waals surface area contributed by atoms with Gasteiger partial charge in [0.05, 0.1) is 18.7 Å². The Morgan fingerprint density at radius 2 is 2.12 bits per heavy atom. The van der Waals surface area contributed by atoms with Crippen molar-refractivity contribution in [2.45, 2.75) is 50.7 Å². The van der Waals surface area contributed by atoms with E-state index in [0.717, 1.165) is 32.1 Å². The van der Waals surface area contributed by atoms with Gasteiger partial charge in [0, 0.05) is 13.0 Å². The molecule has 1 heterocycles. The number of nitrogens with zero attached hydrogens (tertiary/aromatic N) is 1. The van der Waals surface area contributed by atoms with Crippen LogP contribution >= 0.6 is 0 Å². The lowest BCUT2D eigenvalue weighted by atomic mass is 9.92. The van der Waals surface area contributed by atoms with Gasteiger partial charge in [-0.15, -0.1) is 0 Å². The Kier molecular flexibility index (Phi) is 3.99. The van der Waals surface area contributed by atoms with Crippen LogP contribution in [-0.4, -0.2) is 47.1 Å². The van der Waals surface area contributed by atoms with Gasteiger partial charge in [-0.2, -0.15) is 0 Å². The molecule has 2 amide bonds. The van der Waals surface area contributed by atoms with Crippen LogP contribution in [0.2, 0.25) is 0 Å². The number of hydrogen-bond donors (Lipinski definition) is 2. The smallest absolute Gasteiger partial charge is 0.239 e. The lowest BCUT2D eigenvalue weighted by Crippen LogP contribution is -2.48. The van der Waals surface area contributed by atoms with Crippen LogP contribution in [0.4, 0.5) is 0 Å². The second-order valence-electron chi connectivity index (χ2n) is 4.94. The highest BCUT2D eigenvalue weighted by atomic mass is 16.3. The molecule has 0 aromatic rings. The number of aliphatic hydroxyl groups is 1. The molecular formula is C12H20N2O3. The molecule has 2 fully saturated rings. The van der Waals surface area contributed by atoms with E-state index in [1.54, 1.807) is 4.90 Å². The van der Waals surface area contributed by atoms with Crippen LogP contribution in [0.25, 0.3) is 0 Å². The molecule has 96 valence electrons. The van der Waals surface area contributed by atoms with Crippen molar-refractivity contribution < 1.29 is 14.7 Å². The summed E-state index contributed by atoms with van der Waals surface area (Å²) < 4.78 is 0. The number of likely N-dealkylation sites (tertiary alicyclic amines) is 1. The van der Waals surface area contributed by atoms with Crippen LogP contribution in [0.1, 0.15) is 38.5 Å². The number of carbonyl (C=O) groups is 2. The maximum absolute atomic E-state index is 11.7. The lowest BCUT2D eigenvalue weighted by molar-refractivity contribution is -0.133. The molecule has 1 saturated heterocycles. The summed E-state index contributed by atoms with van der Waals surface area (Å²) in [6.45, 7) is 0.821. The Morgan fingerprint density at radius 1 is 1.35 bits per heavy atom. The fourth-order valence-electron chi connectivity index (χ4n) is 2.58. The van der Waals surface area contributed by atoms with Gasteiger partial charge in [0.2, 0.25) is 11.8 Å². The fraction of sp³-hybridized carbons (Fsp3) is 0.833. The number of rotatable bonds is 3. The van der Waals surface area contributed by atoms with Crippen LogP contribution in [-0.2, 0) is 9.59 Å². The predicted molar refractivity (Wildman–Crippen MR) is 62.2 cm³/mol. The fourth-order valence-corrected chi connectivity index (χ4v) is 2.58. The zero-order chi connectivity index (χ0) is 12.3. The molecule has 2 aliphatic rings. The van der Waals surface area contributed by atoms with Crippen molar-refractivity contribution in [1.29, 1.82) is 0 Å². The molecule has 5 nitrogen and oxygen atoms in total. The van der Waals surface area contributed by atoms with Crippen molar-refractivity contribution in [1.82, 2.24) is 10.2 Å². The first-order valence-electron chi connectivity index (χ1n) is 6.42. The summed E-state index contributed by atoms with van der Waals surface area (Å²) in [5.41, 5.74) is 0. The third kappa shape index (κ3) is 3.19. The predicted octanol–water partition coefficient (Wildman–Crippen LogP) is 0.0285. The van der Waals surface area contributed by atoms with Gasteiger partial charge in [0.25, 0.3) is 0 Å². The van der Waals surface area contributed by atoms with Crippen LogP contribution in [0, 0.1) is 0 Å². The van der Waals surface area contributed by atoms with Gasteiger partial charge in [-0.05, 0) is 19.3 Å². The van der Waals surface area contributed by atoms with E-state index in [-0.39, 0.29) is 24.4 Å². The maximum atomic E-state index is 11.7. The number of aliphatic hydroxyl groups excluding tert-OH is 1. The van der Waals surface area contributed by atoms with E-state index in [2.05, 4.69) is 5.32 Å². The SMILES string of the molecule is O=C(CN1CCCC1=O)N[C@@H]1CCCC[C@H]1O. The second kappa shape index (κ2) is 5.49. The minimum atomic E-state index is -0.429. The van der Waals surface area contributed by atoms with Gasteiger partial charge < -0.3 is 15.3 Å². The molecule has 1 aliphatic heterocycles. The van der Waals surface area contributed by atoms with E-state index in [0.29, 0.717) is 13.0 Å². The second-order valence-corrected chi connectivity index (χ2v) is 4.94. The summed E-state index contributed by atoms with van der Waals surface area (Å²) in [5.74, 6) is -0.0875. The number of hydrogen-bond acceptors (Lipinski definition) is 3. The molecule has 0 aromatic carbocycles. The Morgan fingerprint density at radius 3 is 2.76 bits per heavy atom. The first kappa shape index (κ1) is 12.4. The van der Waals surface area contributed by atoms with Crippen molar-refractivity contribution in [2.24, 2.45) is 0 Å². The lowest BCUT2D eigenvalue weighted by Gasteiger charge is -2.29. The average molecular weight is 240 g/mol. The molecule has 17 heavy (non-hydrogen) atoms. The van der Waals surface area contributed by atoms with Gasteiger partial charge in [0.15, 0.2) is 0 Å². The van der Waals surface area contributed by atoms with Gasteiger partial charge in [-0.3, -0.25) is 9.59 Å². The van der Waals surface area contributed by atoms with E-state index in [9.17, 15) is 14.7 Å². The van der Waals surface area contributed by atoms with Crippen molar-refractivity contribution in [3.8, 4) is 0 Å². The molecule has 1 saturated carbocycles. The zero-order valence-electron chi connectivity index (χ0n) is 10.0. The number of nitrogens with one attached hydrogen (secondary N) is 1. The molecule has 0 unspecified atom stereocenters. The molecule has 0 radical (unpaired) electrons. The molecule has 0 bridgehead atoms. The van der Waals surface area contributed by atoms with Crippen molar-refractivity contribution >= 4 is 11.8 Å². The summed E-state index contributed by atoms with van der Waals surface area (Å²) in [5, 5.41) is 12.6. The Bertz CT molecular complexity index is 306. The summed E-state index contributed by atoms with van der Waals surface area (Å²) in [4.78, 5) is 24.7. The quantitative estimate of drug-likeness (QED) is 0.731. The molecule has 2 atom stereocenters. The molecule has 2 N–H and O–H groups in total. The minimum Gasteiger partial charge on any atom is -0.391 e. The van der Waals surface area contributed by atoms with Gasteiger partial charge in [0.1, 0.15) is 0 Å². The van der Waals surface area contributed by atoms with E-state index in [1.807, 2.05) is 0 Å². The van der Waals surface area contributed by atoms with E-state index < -0.39 is 6.10 Å². The van der Waals surface area contributed by atoms with Crippen LogP contribution in [0.15, 0.2) is 0 Å². The Balaban J connectivity index is 1.78. The summed E-state index contributed by atoms with van der Waals surface area (Å²) in [6.07, 6.45) is 4.64. The van der Waals surface area contributed by atoms with Crippen LogP contribution in [0.5, 0.6) is 0 Å². The topological polar surface area (TPSA) is 69.6 Å². The summed E-state index contributed by atoms with van der Waals surface area (Å²) in [7, 11) is 0. The molecule has 2 rings (SSSR count). The molecule has 0 spiro atoms. The number of amides is 2. The van der Waals surface area contributed by atoms with Gasteiger partial charge >= 0.3 is 0 Å². The van der Waals surface area contributed by atoms with E-state index >= 15 is 0 Å². The molecule has 1 aliphatic carbocycles. The van der Waals surface area contributed by atoms with Crippen LogP contribution in [0.3, 0.4) is 0 Å².